The second-order valence-corrected chi connectivity index (χ2v) is 17.2. The summed E-state index contributed by atoms with van der Waals surface area (Å²) in [5, 5.41) is 9.70. The summed E-state index contributed by atoms with van der Waals surface area (Å²) in [6, 6.07) is 8.79. The third-order valence-electron chi connectivity index (χ3n) is 12.3. The zero-order chi connectivity index (χ0) is 43.3. The highest BCUT2D eigenvalue weighted by atomic mass is 35.5. The molecule has 4 fully saturated rings. The van der Waals surface area contributed by atoms with Gasteiger partial charge in [0, 0.05) is 33.5 Å². The third-order valence-corrected chi connectivity index (χ3v) is 12.4. The average Bonchev–Trinajstić information content (AvgIpc) is 4.15. The van der Waals surface area contributed by atoms with Crippen molar-refractivity contribution in [2.24, 2.45) is 0 Å². The van der Waals surface area contributed by atoms with Gasteiger partial charge in [-0.25, -0.2) is 9.59 Å². The molecule has 0 aliphatic heterocycles. The molecular weight excluding hydrogens is 772 g/mol. The Kier molecular flexibility index (Phi) is 18.4. The molecule has 0 spiro atoms. The smallest absolute Gasteiger partial charge is 0.350 e. The molecule has 4 saturated carbocycles. The Labute approximate surface area is 357 Å². The fraction of sp³-hybridized carbons (Fsp3) is 0.667. The maximum absolute atomic E-state index is 13.0. The molecule has 0 radical (unpaired) electrons. The molecule has 11 heteroatoms. The summed E-state index contributed by atoms with van der Waals surface area (Å²) >= 11 is 5.54. The van der Waals surface area contributed by atoms with Crippen molar-refractivity contribution in [3.8, 4) is 0 Å². The summed E-state index contributed by atoms with van der Waals surface area (Å²) in [7, 11) is 3.33. The largest absolute Gasteiger partial charge is 0.464 e. The Morgan fingerprint density at radius 3 is 1.46 bits per heavy atom. The predicted molar refractivity (Wildman–Crippen MR) is 229 cm³/mol. The molecule has 59 heavy (non-hydrogen) atoms. The van der Waals surface area contributed by atoms with Gasteiger partial charge in [-0.15, -0.1) is 0 Å². The number of esters is 3. The number of aliphatic hydroxyl groups is 1. The van der Waals surface area contributed by atoms with E-state index in [9.17, 15) is 24.3 Å². The van der Waals surface area contributed by atoms with Crippen LogP contribution in [0.3, 0.4) is 0 Å². The molecule has 0 saturated heterocycles. The van der Waals surface area contributed by atoms with E-state index in [0.29, 0.717) is 76.2 Å². The molecular formula is C48H69ClO10. The van der Waals surface area contributed by atoms with Gasteiger partial charge < -0.3 is 28.8 Å². The van der Waals surface area contributed by atoms with Crippen molar-refractivity contribution in [3.63, 3.8) is 0 Å². The summed E-state index contributed by atoms with van der Waals surface area (Å²) in [5.74, 6) is -0.0239. The van der Waals surface area contributed by atoms with Gasteiger partial charge in [-0.1, -0.05) is 49.2 Å². The number of aryl methyl sites for hydroxylation is 4. The van der Waals surface area contributed by atoms with Gasteiger partial charge in [0.2, 0.25) is 10.8 Å². The topological polar surface area (TPSA) is 135 Å². The average molecular weight is 842 g/mol. The molecule has 6 rings (SSSR count). The van der Waals surface area contributed by atoms with E-state index in [1.165, 1.54) is 64.6 Å². The molecule has 2 aromatic carbocycles. The Balaban J connectivity index is 0.000000216. The van der Waals surface area contributed by atoms with Crippen molar-refractivity contribution in [2.75, 3.05) is 27.4 Å². The fourth-order valence-electron chi connectivity index (χ4n) is 8.64. The Morgan fingerprint density at radius 2 is 1.07 bits per heavy atom. The highest BCUT2D eigenvalue weighted by molar-refractivity contribution is 6.63. The van der Waals surface area contributed by atoms with Gasteiger partial charge in [-0.2, -0.15) is 0 Å². The summed E-state index contributed by atoms with van der Waals surface area (Å²) in [5.41, 5.74) is 7.51. The lowest BCUT2D eigenvalue weighted by Gasteiger charge is -2.37. The van der Waals surface area contributed by atoms with Crippen LogP contribution in [0, 0.1) is 13.8 Å². The number of hydrogen-bond donors (Lipinski definition) is 1. The number of methoxy groups -OCH3 is 2. The minimum Gasteiger partial charge on any atom is -0.464 e. The van der Waals surface area contributed by atoms with Crippen LogP contribution in [0.1, 0.15) is 161 Å². The van der Waals surface area contributed by atoms with Gasteiger partial charge in [0.05, 0.1) is 31.8 Å². The van der Waals surface area contributed by atoms with Crippen LogP contribution in [0.2, 0.25) is 0 Å². The predicted octanol–water partition coefficient (Wildman–Crippen LogP) is 9.02. The van der Waals surface area contributed by atoms with Gasteiger partial charge in [-0.3, -0.25) is 9.59 Å². The Bertz CT molecular complexity index is 1730. The molecule has 1 N–H and O–H groups in total. The van der Waals surface area contributed by atoms with E-state index < -0.39 is 23.1 Å². The summed E-state index contributed by atoms with van der Waals surface area (Å²) in [6.45, 7) is 12.6. The van der Waals surface area contributed by atoms with Crippen molar-refractivity contribution in [2.45, 2.75) is 180 Å². The van der Waals surface area contributed by atoms with Crippen molar-refractivity contribution >= 4 is 34.8 Å². The first-order chi connectivity index (χ1) is 28.2. The highest BCUT2D eigenvalue weighted by Gasteiger charge is 2.47. The molecule has 4 aliphatic carbocycles. The van der Waals surface area contributed by atoms with Crippen LogP contribution in [0.25, 0.3) is 0 Å². The quantitative estimate of drug-likeness (QED) is 0.105. The zero-order valence-electron chi connectivity index (χ0n) is 36.8. The molecule has 2 aromatic rings. The number of benzene rings is 2. The van der Waals surface area contributed by atoms with Crippen LogP contribution in [0.4, 0.5) is 0 Å². The van der Waals surface area contributed by atoms with E-state index in [1.54, 1.807) is 28.1 Å². The maximum atomic E-state index is 13.0. The van der Waals surface area contributed by atoms with Crippen LogP contribution in [-0.4, -0.2) is 79.1 Å². The minimum absolute atomic E-state index is 0.0986. The molecule has 4 aliphatic rings. The second-order valence-electron chi connectivity index (χ2n) is 16.8. The molecule has 10 nitrogen and oxygen atoms in total. The molecule has 328 valence electrons. The van der Waals surface area contributed by atoms with Crippen molar-refractivity contribution in [3.05, 3.63) is 68.8 Å². The van der Waals surface area contributed by atoms with Crippen LogP contribution in [0.15, 0.2) is 24.3 Å². The van der Waals surface area contributed by atoms with Gasteiger partial charge in [0.25, 0.3) is 0 Å². The maximum Gasteiger partial charge on any atom is 0.350 e. The van der Waals surface area contributed by atoms with Crippen molar-refractivity contribution in [1.29, 1.82) is 0 Å². The van der Waals surface area contributed by atoms with Gasteiger partial charge in [-0.05, 0) is 162 Å². The van der Waals surface area contributed by atoms with Crippen LogP contribution in [0.5, 0.6) is 0 Å². The summed E-state index contributed by atoms with van der Waals surface area (Å²) in [6.07, 6.45) is 12.1. The first-order valence-electron chi connectivity index (χ1n) is 21.9. The number of hydrogen-bond acceptors (Lipinski definition) is 10. The monoisotopic (exact) mass is 840 g/mol. The highest BCUT2D eigenvalue weighted by Crippen LogP contribution is 2.44. The summed E-state index contributed by atoms with van der Waals surface area (Å²) in [4.78, 5) is 48.3. The van der Waals surface area contributed by atoms with Gasteiger partial charge in [0.1, 0.15) is 0 Å². The van der Waals surface area contributed by atoms with Crippen LogP contribution < -0.4 is 0 Å². The minimum atomic E-state index is -1.27. The number of carbonyl (C=O) groups is 4. The van der Waals surface area contributed by atoms with E-state index in [0.717, 1.165) is 18.4 Å². The number of carbonyl (C=O) groups excluding carboxylic acids is 4. The first-order valence-corrected chi connectivity index (χ1v) is 22.3. The lowest BCUT2D eigenvalue weighted by Crippen LogP contribution is -2.48. The van der Waals surface area contributed by atoms with Gasteiger partial charge in [0.15, 0.2) is 5.60 Å². The number of ether oxygens (including phenoxy) is 5. The van der Waals surface area contributed by atoms with Crippen LogP contribution in [-0.2, 0) is 68.5 Å². The lowest BCUT2D eigenvalue weighted by atomic mass is 9.83. The molecule has 0 bridgehead atoms. The van der Waals surface area contributed by atoms with Gasteiger partial charge >= 0.3 is 17.9 Å². The van der Waals surface area contributed by atoms with Crippen LogP contribution >= 0.6 is 11.6 Å². The third kappa shape index (κ3) is 13.6. The Morgan fingerprint density at radius 1 is 0.644 bits per heavy atom. The number of rotatable bonds is 15. The molecule has 0 heterocycles. The van der Waals surface area contributed by atoms with E-state index in [1.807, 2.05) is 0 Å². The first kappa shape index (κ1) is 48.4. The lowest BCUT2D eigenvalue weighted by molar-refractivity contribution is -0.189. The van der Waals surface area contributed by atoms with E-state index in [-0.39, 0.29) is 36.4 Å². The molecule has 0 unspecified atom stereocenters. The van der Waals surface area contributed by atoms with E-state index >= 15 is 0 Å². The van der Waals surface area contributed by atoms with E-state index in [4.69, 9.17) is 35.3 Å². The molecule has 0 atom stereocenters. The number of halogens is 1. The fourth-order valence-corrected chi connectivity index (χ4v) is 8.77. The van der Waals surface area contributed by atoms with Crippen molar-refractivity contribution < 1.29 is 48.0 Å². The standard InChI is InChI=1S/C24H34O5.C14H17ClO.C10H18O4/c1-5-17-13-16(3)14-20(18-7-8-18)21(17)15-22(25)29-24(23(26)28-6-2)11-9-19(27-4)10-12-24;1-3-10-6-9(2)7-12(11-4-5-11)13(10)8-14(15)16;1-3-14-9(11)10(12)6-4-8(13-2)5-7-10/h13-14,18-19H,5-12,15H2,1-4H3;6-7,11H,3-5,8H2,1-2H3;8,12H,3-7H2,1-2H3. The molecule has 0 amide bonds. The zero-order valence-corrected chi connectivity index (χ0v) is 37.6. The Hall–Kier alpha value is -3.31. The summed E-state index contributed by atoms with van der Waals surface area (Å²) < 4.78 is 26.6. The van der Waals surface area contributed by atoms with Crippen molar-refractivity contribution in [1.82, 2.24) is 0 Å². The SMILES string of the molecule is CCOC(=O)C1(O)CCC(OC)CC1.CCOC(=O)C1(OC(=O)Cc2c(CC)cc(C)cc2C2CC2)CCC(OC)CC1.CCc1cc(C)cc(C2CC2)c1CC(=O)Cl. The second kappa shape index (κ2) is 22.5. The normalized spacial score (nSPS) is 23.8. The molecule has 0 aromatic heterocycles. The van der Waals surface area contributed by atoms with E-state index in [2.05, 4.69) is 52.0 Å².